The fourth-order valence-corrected chi connectivity index (χ4v) is 1.36. The number of nitrogens with one attached hydrogen (secondary N) is 1. The number of ether oxygens (including phenoxy) is 1. The molecule has 0 amide bonds. The first-order valence-electron chi connectivity index (χ1n) is 5.59. The van der Waals surface area contributed by atoms with Crippen LogP contribution < -0.4 is 5.43 Å². The van der Waals surface area contributed by atoms with Crippen LogP contribution in [0.5, 0.6) is 0 Å². The Labute approximate surface area is 112 Å². The summed E-state index contributed by atoms with van der Waals surface area (Å²) >= 11 is 0. The number of benzene rings is 1. The fraction of sp³-hybridized carbons (Fsp3) is 0.333. The van der Waals surface area contributed by atoms with Gasteiger partial charge in [-0.2, -0.15) is 18.3 Å². The van der Waals surface area contributed by atoms with E-state index < -0.39 is 18.0 Å². The van der Waals surface area contributed by atoms with Crippen LogP contribution in [0.15, 0.2) is 17.2 Å². The highest BCUT2D eigenvalue weighted by Crippen LogP contribution is 2.21. The third kappa shape index (κ3) is 4.52. The minimum atomic E-state index is -4.61. The molecule has 0 saturated carbocycles. The highest BCUT2D eigenvalue weighted by atomic mass is 19.4. The van der Waals surface area contributed by atoms with Gasteiger partial charge in [-0.15, -0.1) is 0 Å². The van der Waals surface area contributed by atoms with E-state index in [1.165, 1.54) is 6.92 Å². The summed E-state index contributed by atoms with van der Waals surface area (Å²) in [6.07, 6.45) is -4.94. The SMILES string of the molecule is CCOC(=O)c1cc(NN=CC(F)(F)F)c(F)cc1C. The molecule has 0 aromatic heterocycles. The van der Waals surface area contributed by atoms with Crippen molar-refractivity contribution in [1.82, 2.24) is 0 Å². The second kappa shape index (κ2) is 6.36. The van der Waals surface area contributed by atoms with E-state index in [1.807, 2.05) is 5.43 Å². The predicted octanol–water partition coefficient (Wildman–Crippen LogP) is 3.27. The zero-order chi connectivity index (χ0) is 15.3. The van der Waals surface area contributed by atoms with E-state index in [-0.39, 0.29) is 24.1 Å². The largest absolute Gasteiger partial charge is 0.462 e. The molecule has 0 heterocycles. The van der Waals surface area contributed by atoms with Crippen LogP contribution in [0.4, 0.5) is 23.2 Å². The first-order valence-corrected chi connectivity index (χ1v) is 5.59. The molecule has 0 aliphatic heterocycles. The van der Waals surface area contributed by atoms with E-state index in [2.05, 4.69) is 5.10 Å². The van der Waals surface area contributed by atoms with E-state index in [4.69, 9.17) is 4.74 Å². The van der Waals surface area contributed by atoms with Gasteiger partial charge in [0, 0.05) is 0 Å². The molecule has 1 aromatic rings. The first kappa shape index (κ1) is 15.9. The van der Waals surface area contributed by atoms with Crippen molar-refractivity contribution in [2.24, 2.45) is 5.10 Å². The Bertz CT molecular complexity index is 527. The maximum atomic E-state index is 13.5. The molecule has 1 rings (SSSR count). The summed E-state index contributed by atoms with van der Waals surface area (Å²) in [7, 11) is 0. The van der Waals surface area contributed by atoms with Crippen molar-refractivity contribution in [3.8, 4) is 0 Å². The molecule has 0 aliphatic carbocycles. The fourth-order valence-electron chi connectivity index (χ4n) is 1.36. The number of hydrogen-bond donors (Lipinski definition) is 1. The van der Waals surface area contributed by atoms with Gasteiger partial charge in [0.25, 0.3) is 0 Å². The number of halogens is 4. The number of esters is 1. The predicted molar refractivity (Wildman–Crippen MR) is 65.3 cm³/mol. The lowest BCUT2D eigenvalue weighted by Crippen LogP contribution is -2.11. The van der Waals surface area contributed by atoms with Gasteiger partial charge in [0.2, 0.25) is 0 Å². The molecular formula is C12H12F4N2O2. The lowest BCUT2D eigenvalue weighted by atomic mass is 10.1. The Morgan fingerprint density at radius 3 is 2.65 bits per heavy atom. The van der Waals surface area contributed by atoms with E-state index in [1.54, 1.807) is 6.92 Å². The van der Waals surface area contributed by atoms with Gasteiger partial charge in [0.1, 0.15) is 12.0 Å². The van der Waals surface area contributed by atoms with Crippen LogP contribution in [0.1, 0.15) is 22.8 Å². The molecule has 0 fully saturated rings. The standard InChI is InChI=1S/C12H12F4N2O2/c1-3-20-11(19)8-5-10(9(13)4-7(8)2)18-17-6-12(14,15)16/h4-6,18H,3H2,1-2H3. The van der Waals surface area contributed by atoms with Gasteiger partial charge in [-0.1, -0.05) is 0 Å². The number of carbonyl (C=O) groups excluding carboxylic acids is 1. The van der Waals surface area contributed by atoms with Gasteiger partial charge in [-0.3, -0.25) is 5.43 Å². The average molecular weight is 292 g/mol. The van der Waals surface area contributed by atoms with Crippen molar-refractivity contribution in [1.29, 1.82) is 0 Å². The Morgan fingerprint density at radius 2 is 2.10 bits per heavy atom. The Hall–Kier alpha value is -2.12. The van der Waals surface area contributed by atoms with Gasteiger partial charge in [0.15, 0.2) is 0 Å². The van der Waals surface area contributed by atoms with Gasteiger partial charge >= 0.3 is 12.1 Å². The summed E-state index contributed by atoms with van der Waals surface area (Å²) in [4.78, 5) is 11.6. The number of carbonyl (C=O) groups is 1. The van der Waals surface area contributed by atoms with Crippen molar-refractivity contribution in [3.05, 3.63) is 29.1 Å². The lowest BCUT2D eigenvalue weighted by Gasteiger charge is -2.09. The topological polar surface area (TPSA) is 50.7 Å². The second-order valence-corrected chi connectivity index (χ2v) is 3.78. The molecule has 0 spiro atoms. The van der Waals surface area contributed by atoms with E-state index in [9.17, 15) is 22.4 Å². The summed E-state index contributed by atoms with van der Waals surface area (Å²) in [6.45, 7) is 3.21. The van der Waals surface area contributed by atoms with Gasteiger partial charge in [-0.25, -0.2) is 9.18 Å². The summed E-state index contributed by atoms with van der Waals surface area (Å²) in [5.41, 5.74) is 1.92. The summed E-state index contributed by atoms with van der Waals surface area (Å²) in [5.74, 6) is -1.51. The van der Waals surface area contributed by atoms with Gasteiger partial charge < -0.3 is 4.74 Å². The quantitative estimate of drug-likeness (QED) is 0.401. The van der Waals surface area contributed by atoms with Crippen LogP contribution in [0.25, 0.3) is 0 Å². The molecule has 8 heteroatoms. The van der Waals surface area contributed by atoms with Crippen molar-refractivity contribution < 1.29 is 27.1 Å². The number of alkyl halides is 3. The second-order valence-electron chi connectivity index (χ2n) is 3.78. The number of hydrazone groups is 1. The maximum absolute atomic E-state index is 13.5. The molecule has 0 radical (unpaired) electrons. The highest BCUT2D eigenvalue weighted by Gasteiger charge is 2.24. The third-order valence-electron chi connectivity index (χ3n) is 2.21. The van der Waals surface area contributed by atoms with Crippen LogP contribution in [0, 0.1) is 12.7 Å². The molecule has 0 saturated heterocycles. The smallest absolute Gasteiger partial charge is 0.428 e. The average Bonchev–Trinajstić information content (AvgIpc) is 2.30. The van der Waals surface area contributed by atoms with Gasteiger partial charge in [0.05, 0.1) is 17.9 Å². The van der Waals surface area contributed by atoms with Crippen LogP contribution in [-0.2, 0) is 4.74 Å². The molecule has 0 atom stereocenters. The summed E-state index contributed by atoms with van der Waals surface area (Å²) in [5, 5.41) is 2.86. The molecule has 4 nitrogen and oxygen atoms in total. The van der Waals surface area contributed by atoms with Gasteiger partial charge in [-0.05, 0) is 31.5 Å². The van der Waals surface area contributed by atoms with E-state index >= 15 is 0 Å². The molecule has 0 aliphatic rings. The van der Waals surface area contributed by atoms with E-state index in [0.717, 1.165) is 12.1 Å². The molecule has 1 N–H and O–H groups in total. The number of anilines is 1. The monoisotopic (exact) mass is 292 g/mol. The van der Waals surface area contributed by atoms with Crippen LogP contribution in [0.3, 0.4) is 0 Å². The summed E-state index contributed by atoms with van der Waals surface area (Å²) in [6, 6.07) is 2.06. The van der Waals surface area contributed by atoms with Crippen LogP contribution in [0.2, 0.25) is 0 Å². The molecule has 0 bridgehead atoms. The first-order chi connectivity index (χ1) is 9.24. The van der Waals surface area contributed by atoms with Crippen LogP contribution in [-0.4, -0.2) is 25.0 Å². The molecular weight excluding hydrogens is 280 g/mol. The number of rotatable bonds is 4. The molecule has 0 unspecified atom stereocenters. The Balaban J connectivity index is 3.00. The van der Waals surface area contributed by atoms with Crippen molar-refractivity contribution in [2.75, 3.05) is 12.0 Å². The normalized spacial score (nSPS) is 11.7. The minimum Gasteiger partial charge on any atom is -0.462 e. The maximum Gasteiger partial charge on any atom is 0.428 e. The highest BCUT2D eigenvalue weighted by molar-refractivity contribution is 5.92. The molecule has 110 valence electrons. The number of aryl methyl sites for hydroxylation is 1. The summed E-state index contributed by atoms with van der Waals surface area (Å²) < 4.78 is 53.9. The third-order valence-corrected chi connectivity index (χ3v) is 2.21. The molecule has 20 heavy (non-hydrogen) atoms. The Morgan fingerprint density at radius 1 is 1.45 bits per heavy atom. The van der Waals surface area contributed by atoms with Crippen molar-refractivity contribution in [2.45, 2.75) is 20.0 Å². The zero-order valence-electron chi connectivity index (χ0n) is 10.7. The van der Waals surface area contributed by atoms with E-state index in [0.29, 0.717) is 5.56 Å². The van der Waals surface area contributed by atoms with Crippen LogP contribution >= 0.6 is 0 Å². The van der Waals surface area contributed by atoms with Crippen molar-refractivity contribution >= 4 is 17.9 Å². The lowest BCUT2D eigenvalue weighted by molar-refractivity contribution is -0.0536. The Kier molecular flexibility index (Phi) is 5.06. The minimum absolute atomic E-state index is 0.0537. The number of hydrogen-bond acceptors (Lipinski definition) is 4. The zero-order valence-corrected chi connectivity index (χ0v) is 10.7. The van der Waals surface area contributed by atoms with Crippen molar-refractivity contribution in [3.63, 3.8) is 0 Å². The molecule has 1 aromatic carbocycles. The number of nitrogens with zero attached hydrogens (tertiary/aromatic N) is 1.